The molecule has 2 amide bonds. The number of rotatable bonds is 7. The molecule has 0 spiro atoms. The van der Waals surface area contributed by atoms with Crippen molar-refractivity contribution < 1.29 is 9.90 Å². The van der Waals surface area contributed by atoms with Gasteiger partial charge in [0.2, 0.25) is 0 Å². The van der Waals surface area contributed by atoms with Crippen molar-refractivity contribution in [2.75, 3.05) is 39.3 Å². The molecule has 140 valence electrons. The molecule has 5 heteroatoms. The van der Waals surface area contributed by atoms with Gasteiger partial charge in [0.1, 0.15) is 0 Å². The Morgan fingerprint density at radius 2 is 1.96 bits per heavy atom. The van der Waals surface area contributed by atoms with Crippen molar-refractivity contribution in [1.29, 1.82) is 0 Å². The largest absolute Gasteiger partial charge is 0.396 e. The van der Waals surface area contributed by atoms with Gasteiger partial charge < -0.3 is 15.3 Å². The number of aliphatic hydroxyl groups is 1. The van der Waals surface area contributed by atoms with Gasteiger partial charge >= 0.3 is 6.03 Å². The van der Waals surface area contributed by atoms with Gasteiger partial charge in [0.05, 0.1) is 0 Å². The summed E-state index contributed by atoms with van der Waals surface area (Å²) >= 11 is 0. The van der Waals surface area contributed by atoms with Crippen molar-refractivity contribution in [2.45, 2.75) is 40.2 Å². The summed E-state index contributed by atoms with van der Waals surface area (Å²) in [4.78, 5) is 16.6. The summed E-state index contributed by atoms with van der Waals surface area (Å²) in [6, 6.07) is 8.66. The number of aliphatic hydroxyl groups excluding tert-OH is 1. The lowest BCUT2D eigenvalue weighted by Gasteiger charge is -2.34. The molecule has 0 aromatic heterocycles. The minimum Gasteiger partial charge on any atom is -0.396 e. The van der Waals surface area contributed by atoms with Gasteiger partial charge in [-0.15, -0.1) is 0 Å². The van der Waals surface area contributed by atoms with E-state index in [0.717, 1.165) is 45.6 Å². The molecule has 2 N–H and O–H groups in total. The zero-order valence-corrected chi connectivity index (χ0v) is 15.9. The lowest BCUT2D eigenvalue weighted by Crippen LogP contribution is -2.51. The summed E-state index contributed by atoms with van der Waals surface area (Å²) in [5.41, 5.74) is 2.57. The number of nitrogens with one attached hydrogen (secondary N) is 1. The fourth-order valence-corrected chi connectivity index (χ4v) is 3.13. The van der Waals surface area contributed by atoms with Crippen LogP contribution < -0.4 is 5.32 Å². The molecule has 0 unspecified atom stereocenters. The number of carbonyl (C=O) groups is 1. The quantitative estimate of drug-likeness (QED) is 0.746. The first-order chi connectivity index (χ1) is 11.9. The summed E-state index contributed by atoms with van der Waals surface area (Å²) in [6.45, 7) is 11.4. The van der Waals surface area contributed by atoms with Crippen LogP contribution in [0.15, 0.2) is 24.3 Å². The Balaban J connectivity index is 1.66. The zero-order valence-electron chi connectivity index (χ0n) is 15.9. The van der Waals surface area contributed by atoms with E-state index in [1.165, 1.54) is 11.1 Å². The second kappa shape index (κ2) is 9.20. The third kappa shape index (κ3) is 6.67. The standard InChI is InChI=1S/C20H33N3O2/c1-17-6-4-7-18(14-17)15-22-10-12-23(13-11-22)19(25)21-9-5-8-20(2,3)16-24/h4,6-7,14,24H,5,8-13,15-16H2,1-3H3,(H,21,25). The predicted octanol–water partition coefficient (Wildman–Crippen LogP) is 2.62. The Hall–Kier alpha value is -1.59. The van der Waals surface area contributed by atoms with E-state index in [1.807, 2.05) is 18.7 Å². The molecule has 0 atom stereocenters. The van der Waals surface area contributed by atoms with Crippen LogP contribution in [0.4, 0.5) is 4.79 Å². The number of urea groups is 1. The van der Waals surface area contributed by atoms with Gasteiger partial charge in [-0.05, 0) is 30.7 Å². The van der Waals surface area contributed by atoms with Gasteiger partial charge in [0.15, 0.2) is 0 Å². The van der Waals surface area contributed by atoms with Crippen molar-refractivity contribution in [3.63, 3.8) is 0 Å². The average Bonchev–Trinajstić information content (AvgIpc) is 2.59. The van der Waals surface area contributed by atoms with Gasteiger partial charge in [0, 0.05) is 45.9 Å². The lowest BCUT2D eigenvalue weighted by molar-refractivity contribution is 0.133. The Bertz CT molecular complexity index is 552. The summed E-state index contributed by atoms with van der Waals surface area (Å²) < 4.78 is 0. The van der Waals surface area contributed by atoms with Gasteiger partial charge in [-0.1, -0.05) is 43.7 Å². The number of nitrogens with zero attached hydrogens (tertiary/aromatic N) is 2. The molecule has 0 saturated carbocycles. The molecule has 25 heavy (non-hydrogen) atoms. The van der Waals surface area contributed by atoms with Crippen LogP contribution >= 0.6 is 0 Å². The number of amides is 2. The van der Waals surface area contributed by atoms with E-state index in [-0.39, 0.29) is 18.1 Å². The fourth-order valence-electron chi connectivity index (χ4n) is 3.13. The van der Waals surface area contributed by atoms with E-state index in [2.05, 4.69) is 41.4 Å². The minimum atomic E-state index is -0.0633. The van der Waals surface area contributed by atoms with Crippen molar-refractivity contribution >= 4 is 6.03 Å². The highest BCUT2D eigenvalue weighted by atomic mass is 16.3. The Labute approximate surface area is 152 Å². The van der Waals surface area contributed by atoms with Crippen molar-refractivity contribution in [2.24, 2.45) is 5.41 Å². The maximum absolute atomic E-state index is 12.2. The number of piperazine rings is 1. The molecule has 1 aromatic rings. The van der Waals surface area contributed by atoms with Gasteiger partial charge in [-0.3, -0.25) is 4.90 Å². The highest BCUT2D eigenvalue weighted by molar-refractivity contribution is 5.74. The van der Waals surface area contributed by atoms with Crippen molar-refractivity contribution in [1.82, 2.24) is 15.1 Å². The molecule has 1 aliphatic rings. The number of hydrogen-bond donors (Lipinski definition) is 2. The monoisotopic (exact) mass is 347 g/mol. The number of benzene rings is 1. The zero-order chi connectivity index (χ0) is 18.3. The molecule has 1 saturated heterocycles. The lowest BCUT2D eigenvalue weighted by atomic mass is 9.89. The molecular weight excluding hydrogens is 314 g/mol. The fraction of sp³-hybridized carbons (Fsp3) is 0.650. The van der Waals surface area contributed by atoms with Crippen molar-refractivity contribution in [3.8, 4) is 0 Å². The Kier molecular flexibility index (Phi) is 7.26. The summed E-state index contributed by atoms with van der Waals surface area (Å²) in [6.07, 6.45) is 1.81. The number of carbonyl (C=O) groups excluding carboxylic acids is 1. The molecule has 1 heterocycles. The summed E-state index contributed by atoms with van der Waals surface area (Å²) in [5, 5.41) is 12.3. The van der Waals surface area contributed by atoms with Crippen LogP contribution in [0.1, 0.15) is 37.8 Å². The first-order valence-corrected chi connectivity index (χ1v) is 9.31. The first kappa shape index (κ1) is 19.7. The predicted molar refractivity (Wildman–Crippen MR) is 102 cm³/mol. The molecule has 1 fully saturated rings. The van der Waals surface area contributed by atoms with Crippen LogP contribution in [-0.4, -0.2) is 60.3 Å². The first-order valence-electron chi connectivity index (χ1n) is 9.31. The average molecular weight is 348 g/mol. The third-order valence-corrected chi connectivity index (χ3v) is 4.88. The SMILES string of the molecule is Cc1cccc(CN2CCN(C(=O)NCCCC(C)(C)CO)CC2)c1. The Morgan fingerprint density at radius 1 is 1.24 bits per heavy atom. The third-order valence-electron chi connectivity index (χ3n) is 4.88. The second-order valence-electron chi connectivity index (χ2n) is 7.91. The molecule has 1 aromatic carbocycles. The van der Waals surface area contributed by atoms with E-state index in [9.17, 15) is 9.90 Å². The van der Waals surface area contributed by atoms with Crippen LogP contribution in [0.25, 0.3) is 0 Å². The Morgan fingerprint density at radius 3 is 2.60 bits per heavy atom. The highest BCUT2D eigenvalue weighted by Crippen LogP contribution is 2.20. The normalized spacial score (nSPS) is 16.1. The highest BCUT2D eigenvalue weighted by Gasteiger charge is 2.21. The minimum absolute atomic E-state index is 0.0389. The molecule has 0 bridgehead atoms. The van der Waals surface area contributed by atoms with E-state index in [0.29, 0.717) is 6.54 Å². The summed E-state index contributed by atoms with van der Waals surface area (Å²) in [7, 11) is 0. The smallest absolute Gasteiger partial charge is 0.317 e. The molecule has 0 aliphatic carbocycles. The molecule has 5 nitrogen and oxygen atoms in total. The van der Waals surface area contributed by atoms with Crippen LogP contribution in [0.2, 0.25) is 0 Å². The maximum atomic E-state index is 12.2. The molecule has 1 aliphatic heterocycles. The van der Waals surface area contributed by atoms with Crippen molar-refractivity contribution in [3.05, 3.63) is 35.4 Å². The van der Waals surface area contributed by atoms with E-state index >= 15 is 0 Å². The van der Waals surface area contributed by atoms with Gasteiger partial charge in [0.25, 0.3) is 0 Å². The molecule has 2 rings (SSSR count). The van der Waals surface area contributed by atoms with Crippen LogP contribution in [-0.2, 0) is 6.54 Å². The van der Waals surface area contributed by atoms with E-state index < -0.39 is 0 Å². The van der Waals surface area contributed by atoms with Crippen LogP contribution in [0.5, 0.6) is 0 Å². The second-order valence-corrected chi connectivity index (χ2v) is 7.91. The molecule has 0 radical (unpaired) electrons. The number of aryl methyl sites for hydroxylation is 1. The van der Waals surface area contributed by atoms with Gasteiger partial charge in [-0.25, -0.2) is 4.79 Å². The van der Waals surface area contributed by atoms with Crippen LogP contribution in [0, 0.1) is 12.3 Å². The van der Waals surface area contributed by atoms with Crippen LogP contribution in [0.3, 0.4) is 0 Å². The van der Waals surface area contributed by atoms with Gasteiger partial charge in [-0.2, -0.15) is 0 Å². The maximum Gasteiger partial charge on any atom is 0.317 e. The van der Waals surface area contributed by atoms with E-state index in [1.54, 1.807) is 0 Å². The summed E-state index contributed by atoms with van der Waals surface area (Å²) in [5.74, 6) is 0. The topological polar surface area (TPSA) is 55.8 Å². The molecular formula is C20H33N3O2. The number of hydrogen-bond acceptors (Lipinski definition) is 3. The van der Waals surface area contributed by atoms with E-state index in [4.69, 9.17) is 0 Å².